The summed E-state index contributed by atoms with van der Waals surface area (Å²) >= 11 is 3.34. The first-order valence-corrected chi connectivity index (χ1v) is 10.3. The molecule has 0 aliphatic carbocycles. The summed E-state index contributed by atoms with van der Waals surface area (Å²) in [6, 6.07) is 14.9. The number of nitrogens with two attached hydrogens (primary N) is 1. The van der Waals surface area contributed by atoms with Crippen molar-refractivity contribution in [3.63, 3.8) is 0 Å². The third-order valence-corrected chi connectivity index (χ3v) is 4.98. The average Bonchev–Trinajstić information content (AvgIpc) is 2.67. The maximum absolute atomic E-state index is 12.9. The van der Waals surface area contributed by atoms with Crippen molar-refractivity contribution in [1.29, 1.82) is 0 Å². The van der Waals surface area contributed by atoms with Gasteiger partial charge in [0.2, 0.25) is 5.91 Å². The van der Waals surface area contributed by atoms with E-state index in [0.29, 0.717) is 17.7 Å². The van der Waals surface area contributed by atoms with Crippen molar-refractivity contribution in [2.75, 3.05) is 5.32 Å². The summed E-state index contributed by atoms with van der Waals surface area (Å²) in [5, 5.41) is 5.46. The average molecular weight is 460 g/mol. The molecule has 0 radical (unpaired) electrons. The van der Waals surface area contributed by atoms with Crippen molar-refractivity contribution in [2.45, 2.75) is 38.6 Å². The molecule has 0 aliphatic rings. The number of rotatable bonds is 9. The van der Waals surface area contributed by atoms with E-state index in [2.05, 4.69) is 26.6 Å². The number of carbonyl (C=O) groups is 3. The second kappa shape index (κ2) is 10.8. The molecule has 2 aromatic carbocycles. The Morgan fingerprint density at radius 1 is 1.00 bits per heavy atom. The minimum absolute atomic E-state index is 0.0602. The number of nitrogens with one attached hydrogen (secondary N) is 2. The van der Waals surface area contributed by atoms with Crippen LogP contribution in [0.25, 0.3) is 0 Å². The number of carbonyl (C=O) groups excluding carboxylic acids is 3. The molecular weight excluding hydrogens is 434 g/mol. The van der Waals surface area contributed by atoms with Crippen LogP contribution in [-0.2, 0) is 9.59 Å². The van der Waals surface area contributed by atoms with Gasteiger partial charge in [-0.15, -0.1) is 0 Å². The van der Waals surface area contributed by atoms with E-state index in [1.54, 1.807) is 36.4 Å². The topological polar surface area (TPSA) is 101 Å². The molecule has 0 aliphatic heterocycles. The van der Waals surface area contributed by atoms with Gasteiger partial charge in [0.05, 0.1) is 12.0 Å². The van der Waals surface area contributed by atoms with E-state index in [1.807, 2.05) is 32.0 Å². The van der Waals surface area contributed by atoms with E-state index in [0.717, 1.165) is 4.47 Å². The van der Waals surface area contributed by atoms with Crippen LogP contribution >= 0.6 is 15.9 Å². The Kier molecular flexibility index (Phi) is 8.39. The number of primary amides is 1. The van der Waals surface area contributed by atoms with Crippen LogP contribution in [0.3, 0.4) is 0 Å². The molecule has 0 spiro atoms. The Balaban J connectivity index is 2.09. The van der Waals surface area contributed by atoms with Gasteiger partial charge in [0.25, 0.3) is 0 Å². The van der Waals surface area contributed by atoms with Crippen LogP contribution < -0.4 is 16.4 Å². The number of benzene rings is 2. The largest absolute Gasteiger partial charge is 0.369 e. The normalized spacial score (nSPS) is 12.8. The lowest BCUT2D eigenvalue weighted by molar-refractivity contribution is -0.126. The number of halogens is 1. The van der Waals surface area contributed by atoms with Crippen LogP contribution in [0.4, 0.5) is 10.5 Å². The second-order valence-electron chi connectivity index (χ2n) is 7.32. The van der Waals surface area contributed by atoms with Crippen molar-refractivity contribution in [2.24, 2.45) is 11.7 Å². The Hall–Kier alpha value is -2.67. The lowest BCUT2D eigenvalue weighted by atomic mass is 9.89. The molecule has 0 unspecified atom stereocenters. The summed E-state index contributed by atoms with van der Waals surface area (Å²) in [6.45, 7) is 3.94. The maximum atomic E-state index is 12.9. The summed E-state index contributed by atoms with van der Waals surface area (Å²) < 4.78 is 0.898. The summed E-state index contributed by atoms with van der Waals surface area (Å²) in [6.07, 6.45) is 0.405. The van der Waals surface area contributed by atoms with Crippen molar-refractivity contribution in [3.8, 4) is 0 Å². The first-order valence-electron chi connectivity index (χ1n) is 9.46. The van der Waals surface area contributed by atoms with E-state index in [-0.39, 0.29) is 18.1 Å². The lowest BCUT2D eigenvalue weighted by Gasteiger charge is -2.22. The fraction of sp³-hybridized carbons (Fsp3) is 0.318. The Bertz CT molecular complexity index is 838. The molecule has 29 heavy (non-hydrogen) atoms. The van der Waals surface area contributed by atoms with E-state index < -0.39 is 23.9 Å². The predicted molar refractivity (Wildman–Crippen MR) is 118 cm³/mol. The molecule has 0 aromatic heterocycles. The zero-order valence-corrected chi connectivity index (χ0v) is 18.1. The molecule has 2 atom stereocenters. The van der Waals surface area contributed by atoms with Gasteiger partial charge in [-0.05, 0) is 42.2 Å². The molecule has 154 valence electrons. The van der Waals surface area contributed by atoms with Gasteiger partial charge in [0.15, 0.2) is 5.78 Å². The van der Waals surface area contributed by atoms with Crippen LogP contribution in [0.1, 0.15) is 38.2 Å². The predicted octanol–water partition coefficient (Wildman–Crippen LogP) is 4.21. The monoisotopic (exact) mass is 459 g/mol. The highest BCUT2D eigenvalue weighted by Gasteiger charge is 2.28. The van der Waals surface area contributed by atoms with Gasteiger partial charge in [-0.3, -0.25) is 9.59 Å². The molecule has 2 aromatic rings. The van der Waals surface area contributed by atoms with Crippen molar-refractivity contribution < 1.29 is 14.4 Å². The van der Waals surface area contributed by atoms with Gasteiger partial charge in [0.1, 0.15) is 0 Å². The minimum Gasteiger partial charge on any atom is -0.369 e. The molecule has 4 N–H and O–H groups in total. The van der Waals surface area contributed by atoms with Gasteiger partial charge in [-0.1, -0.05) is 60.1 Å². The first kappa shape index (κ1) is 22.6. The van der Waals surface area contributed by atoms with Crippen LogP contribution in [-0.4, -0.2) is 23.8 Å². The number of Topliss-reactive ketones (excluding diaryl/α,β-unsaturated/α-hetero) is 1. The molecule has 3 amide bonds. The van der Waals surface area contributed by atoms with Crippen LogP contribution in [0.2, 0.25) is 0 Å². The number of amides is 3. The Morgan fingerprint density at radius 3 is 2.17 bits per heavy atom. The number of hydrogen-bond acceptors (Lipinski definition) is 3. The second-order valence-corrected chi connectivity index (χ2v) is 8.24. The van der Waals surface area contributed by atoms with Crippen molar-refractivity contribution >= 4 is 39.3 Å². The quantitative estimate of drug-likeness (QED) is 0.523. The highest BCUT2D eigenvalue weighted by Crippen LogP contribution is 2.22. The zero-order valence-electron chi connectivity index (χ0n) is 16.5. The van der Waals surface area contributed by atoms with E-state index in [9.17, 15) is 14.4 Å². The number of ketones is 1. The molecule has 0 saturated carbocycles. The summed E-state index contributed by atoms with van der Waals surface area (Å²) in [7, 11) is 0. The van der Waals surface area contributed by atoms with Gasteiger partial charge >= 0.3 is 6.03 Å². The Labute approximate surface area is 179 Å². The zero-order chi connectivity index (χ0) is 21.4. The third-order valence-electron chi connectivity index (χ3n) is 4.45. The van der Waals surface area contributed by atoms with Crippen LogP contribution in [0.15, 0.2) is 59.1 Å². The number of urea groups is 1. The molecular formula is C22H26BrN3O3. The van der Waals surface area contributed by atoms with Crippen LogP contribution in [0, 0.1) is 5.92 Å². The molecule has 0 saturated heterocycles. The minimum atomic E-state index is -0.727. The van der Waals surface area contributed by atoms with E-state index >= 15 is 0 Å². The highest BCUT2D eigenvalue weighted by atomic mass is 79.9. The molecule has 0 fully saturated rings. The molecule has 0 heterocycles. The van der Waals surface area contributed by atoms with Gasteiger partial charge in [-0.25, -0.2) is 4.79 Å². The number of anilines is 1. The number of hydrogen-bond donors (Lipinski definition) is 3. The molecule has 6 nitrogen and oxygen atoms in total. The van der Waals surface area contributed by atoms with Crippen molar-refractivity contribution in [3.05, 3.63) is 64.6 Å². The summed E-state index contributed by atoms with van der Waals surface area (Å²) in [4.78, 5) is 37.3. The summed E-state index contributed by atoms with van der Waals surface area (Å²) in [5.74, 6) is -1.33. The third kappa shape index (κ3) is 7.34. The first-order chi connectivity index (χ1) is 13.8. The van der Waals surface area contributed by atoms with E-state index in [4.69, 9.17) is 5.73 Å². The molecule has 7 heteroatoms. The fourth-order valence-corrected chi connectivity index (χ4v) is 3.28. The SMILES string of the molecule is CC(C)C[C@H](NC(=O)Nc1ccc(Br)cc1)C(=O)C[C@H](C(N)=O)c1ccccc1. The van der Waals surface area contributed by atoms with Gasteiger partial charge in [0, 0.05) is 16.6 Å². The van der Waals surface area contributed by atoms with Gasteiger partial charge < -0.3 is 16.4 Å². The highest BCUT2D eigenvalue weighted by molar-refractivity contribution is 9.10. The maximum Gasteiger partial charge on any atom is 0.319 e. The van der Waals surface area contributed by atoms with Crippen molar-refractivity contribution in [1.82, 2.24) is 5.32 Å². The molecule has 0 bridgehead atoms. The fourth-order valence-electron chi connectivity index (χ4n) is 3.01. The summed E-state index contributed by atoms with van der Waals surface area (Å²) in [5.41, 5.74) is 6.84. The lowest BCUT2D eigenvalue weighted by Crippen LogP contribution is -2.44. The van der Waals surface area contributed by atoms with Gasteiger partial charge in [-0.2, -0.15) is 0 Å². The smallest absolute Gasteiger partial charge is 0.319 e. The Morgan fingerprint density at radius 2 is 1.62 bits per heavy atom. The van der Waals surface area contributed by atoms with E-state index in [1.165, 1.54) is 0 Å². The van der Waals surface area contributed by atoms with Crippen LogP contribution in [0.5, 0.6) is 0 Å². The molecule has 2 rings (SSSR count). The standard InChI is InChI=1S/C22H26BrN3O3/c1-14(2)12-19(26-22(29)25-17-10-8-16(23)9-11-17)20(27)13-18(21(24)28)15-6-4-3-5-7-15/h3-11,14,18-19H,12-13H2,1-2H3,(H2,24,28)(H2,25,26,29)/t18-,19-/m0/s1.